The highest BCUT2D eigenvalue weighted by Gasteiger charge is 2.30. The lowest BCUT2D eigenvalue weighted by atomic mass is 10.1. The number of benzene rings is 1. The molecule has 2 aliphatic rings. The molecule has 26 heavy (non-hydrogen) atoms. The molecule has 1 aromatic rings. The number of nitrogens with zero attached hydrogens (tertiary/aromatic N) is 1. The number of sulfone groups is 1. The zero-order chi connectivity index (χ0) is 18.4. The SMILES string of the molecule is O=C(CS(=O)(=O)C1CCCC1)NCc1ccc(CN2CCOCC2)cc1. The minimum absolute atomic E-state index is 0.326. The molecule has 144 valence electrons. The standard InChI is InChI=1S/C19H28N2O4S/c22-19(15-26(23,24)18-3-1-2-4-18)20-13-16-5-7-17(8-6-16)14-21-9-11-25-12-10-21/h5-8,18H,1-4,9-15H2,(H,20,22). The van der Waals surface area contributed by atoms with Crippen LogP contribution in [0.5, 0.6) is 0 Å². The van der Waals surface area contributed by atoms with E-state index >= 15 is 0 Å². The topological polar surface area (TPSA) is 75.7 Å². The molecular weight excluding hydrogens is 352 g/mol. The second-order valence-electron chi connectivity index (χ2n) is 7.20. The van der Waals surface area contributed by atoms with E-state index < -0.39 is 21.5 Å². The minimum atomic E-state index is -3.31. The molecular formula is C19H28N2O4S. The van der Waals surface area contributed by atoms with Gasteiger partial charge in [-0.05, 0) is 24.0 Å². The Morgan fingerprint density at radius 3 is 2.35 bits per heavy atom. The first kappa shape index (κ1) is 19.3. The monoisotopic (exact) mass is 380 g/mol. The van der Waals surface area contributed by atoms with Crippen LogP contribution in [-0.2, 0) is 32.5 Å². The van der Waals surface area contributed by atoms with Crippen molar-refractivity contribution in [2.24, 2.45) is 0 Å². The smallest absolute Gasteiger partial charge is 0.235 e. The summed E-state index contributed by atoms with van der Waals surface area (Å²) in [6.07, 6.45) is 3.28. The van der Waals surface area contributed by atoms with Gasteiger partial charge in [0.05, 0.1) is 18.5 Å². The number of nitrogens with one attached hydrogen (secondary N) is 1. The zero-order valence-electron chi connectivity index (χ0n) is 15.2. The van der Waals surface area contributed by atoms with Gasteiger partial charge in [-0.15, -0.1) is 0 Å². The van der Waals surface area contributed by atoms with Crippen molar-refractivity contribution in [2.45, 2.75) is 44.0 Å². The molecule has 1 aliphatic heterocycles. The van der Waals surface area contributed by atoms with Gasteiger partial charge in [0.25, 0.3) is 0 Å². The van der Waals surface area contributed by atoms with E-state index in [0.717, 1.165) is 51.3 Å². The van der Waals surface area contributed by atoms with Crippen molar-refractivity contribution in [1.29, 1.82) is 0 Å². The van der Waals surface area contributed by atoms with Gasteiger partial charge in [-0.25, -0.2) is 8.42 Å². The first-order valence-electron chi connectivity index (χ1n) is 9.39. The summed E-state index contributed by atoms with van der Waals surface area (Å²) < 4.78 is 29.8. The van der Waals surface area contributed by atoms with Gasteiger partial charge in [0.15, 0.2) is 9.84 Å². The largest absolute Gasteiger partial charge is 0.379 e. The molecule has 6 nitrogen and oxygen atoms in total. The number of hydrogen-bond acceptors (Lipinski definition) is 5. The summed E-state index contributed by atoms with van der Waals surface area (Å²) in [5.41, 5.74) is 2.20. The number of amides is 1. The van der Waals surface area contributed by atoms with Gasteiger partial charge >= 0.3 is 0 Å². The Labute approximate surface area is 155 Å². The molecule has 2 fully saturated rings. The maximum atomic E-state index is 12.2. The van der Waals surface area contributed by atoms with Crippen LogP contribution in [-0.4, -0.2) is 56.5 Å². The number of morpholine rings is 1. The van der Waals surface area contributed by atoms with Crippen molar-refractivity contribution in [3.8, 4) is 0 Å². The summed E-state index contributed by atoms with van der Waals surface area (Å²) in [6.45, 7) is 4.73. The van der Waals surface area contributed by atoms with E-state index in [9.17, 15) is 13.2 Å². The van der Waals surface area contributed by atoms with E-state index in [-0.39, 0.29) is 5.25 Å². The fraction of sp³-hybridized carbons (Fsp3) is 0.632. The Morgan fingerprint density at radius 2 is 1.69 bits per heavy atom. The van der Waals surface area contributed by atoms with Crippen LogP contribution < -0.4 is 5.32 Å². The van der Waals surface area contributed by atoms with E-state index in [1.807, 2.05) is 12.1 Å². The zero-order valence-corrected chi connectivity index (χ0v) is 16.0. The first-order valence-corrected chi connectivity index (χ1v) is 11.1. The Balaban J connectivity index is 1.44. The van der Waals surface area contributed by atoms with E-state index in [1.54, 1.807) is 0 Å². The maximum Gasteiger partial charge on any atom is 0.235 e. The summed E-state index contributed by atoms with van der Waals surface area (Å²) in [6, 6.07) is 8.10. The summed E-state index contributed by atoms with van der Waals surface area (Å²) in [7, 11) is -3.31. The van der Waals surface area contributed by atoms with Gasteiger partial charge in [-0.1, -0.05) is 37.1 Å². The highest BCUT2D eigenvalue weighted by Crippen LogP contribution is 2.25. The molecule has 0 spiro atoms. The molecule has 0 aromatic heterocycles. The molecule has 1 heterocycles. The Bertz CT molecular complexity index is 691. The Morgan fingerprint density at radius 1 is 1.08 bits per heavy atom. The Hall–Kier alpha value is -1.44. The van der Waals surface area contributed by atoms with E-state index in [2.05, 4.69) is 22.3 Å². The highest BCUT2D eigenvalue weighted by molar-refractivity contribution is 7.92. The molecule has 1 saturated heterocycles. The summed E-state index contributed by atoms with van der Waals surface area (Å²) in [4.78, 5) is 14.4. The highest BCUT2D eigenvalue weighted by atomic mass is 32.2. The summed E-state index contributed by atoms with van der Waals surface area (Å²) in [5, 5.41) is 2.41. The quantitative estimate of drug-likeness (QED) is 0.776. The second kappa shape index (κ2) is 8.97. The molecule has 1 aromatic carbocycles. The van der Waals surface area contributed by atoms with Crippen LogP contribution in [0.25, 0.3) is 0 Å². The lowest BCUT2D eigenvalue weighted by molar-refractivity contribution is -0.118. The van der Waals surface area contributed by atoms with Gasteiger partial charge in [0, 0.05) is 26.2 Å². The molecule has 1 aliphatic carbocycles. The molecule has 0 radical (unpaired) electrons. The second-order valence-corrected chi connectivity index (χ2v) is 9.48. The lowest BCUT2D eigenvalue weighted by Crippen LogP contribution is -2.35. The summed E-state index contributed by atoms with van der Waals surface area (Å²) >= 11 is 0. The summed E-state index contributed by atoms with van der Waals surface area (Å²) in [5.74, 6) is -0.804. The van der Waals surface area contributed by atoms with Crippen molar-refractivity contribution < 1.29 is 17.9 Å². The van der Waals surface area contributed by atoms with Crippen LogP contribution in [0.1, 0.15) is 36.8 Å². The van der Waals surface area contributed by atoms with Crippen molar-refractivity contribution in [3.05, 3.63) is 35.4 Å². The van der Waals surface area contributed by atoms with Crippen molar-refractivity contribution >= 4 is 15.7 Å². The maximum absolute atomic E-state index is 12.2. The van der Waals surface area contributed by atoms with Crippen LogP contribution in [0.15, 0.2) is 24.3 Å². The van der Waals surface area contributed by atoms with Crippen molar-refractivity contribution in [1.82, 2.24) is 10.2 Å². The molecule has 0 bridgehead atoms. The molecule has 0 atom stereocenters. The molecule has 1 N–H and O–H groups in total. The van der Waals surface area contributed by atoms with Gasteiger partial charge in [0.1, 0.15) is 5.75 Å². The van der Waals surface area contributed by atoms with Crippen LogP contribution in [0.2, 0.25) is 0 Å². The Kier molecular flexibility index (Phi) is 6.67. The normalized spacial score (nSPS) is 19.5. The van der Waals surface area contributed by atoms with Crippen LogP contribution in [0.3, 0.4) is 0 Å². The van der Waals surface area contributed by atoms with E-state index in [4.69, 9.17) is 4.74 Å². The predicted molar refractivity (Wildman–Crippen MR) is 100 cm³/mol. The average molecular weight is 381 g/mol. The number of carbonyl (C=O) groups excluding carboxylic acids is 1. The number of rotatable bonds is 7. The number of carbonyl (C=O) groups is 1. The molecule has 7 heteroatoms. The average Bonchev–Trinajstić information content (AvgIpc) is 3.17. The van der Waals surface area contributed by atoms with Crippen LogP contribution >= 0.6 is 0 Å². The minimum Gasteiger partial charge on any atom is -0.379 e. The molecule has 1 saturated carbocycles. The van der Waals surface area contributed by atoms with Crippen molar-refractivity contribution in [2.75, 3.05) is 32.1 Å². The lowest BCUT2D eigenvalue weighted by Gasteiger charge is -2.26. The molecule has 0 unspecified atom stereocenters. The third-order valence-electron chi connectivity index (χ3n) is 5.16. The van der Waals surface area contributed by atoms with E-state index in [0.29, 0.717) is 19.4 Å². The first-order chi connectivity index (χ1) is 12.5. The van der Waals surface area contributed by atoms with Gasteiger partial charge in [0.2, 0.25) is 5.91 Å². The predicted octanol–water partition coefficient (Wildman–Crippen LogP) is 1.49. The van der Waals surface area contributed by atoms with Crippen LogP contribution in [0.4, 0.5) is 0 Å². The van der Waals surface area contributed by atoms with Gasteiger partial charge in [-0.2, -0.15) is 0 Å². The third-order valence-corrected chi connectivity index (χ3v) is 7.32. The van der Waals surface area contributed by atoms with Gasteiger partial charge in [-0.3, -0.25) is 9.69 Å². The number of hydrogen-bond donors (Lipinski definition) is 1. The molecule has 1 amide bonds. The molecule has 3 rings (SSSR count). The van der Waals surface area contributed by atoms with Crippen LogP contribution in [0, 0.1) is 0 Å². The van der Waals surface area contributed by atoms with Gasteiger partial charge < -0.3 is 10.1 Å². The third kappa shape index (κ3) is 5.53. The fourth-order valence-electron chi connectivity index (χ4n) is 3.58. The van der Waals surface area contributed by atoms with E-state index in [1.165, 1.54) is 5.56 Å². The van der Waals surface area contributed by atoms with Crippen molar-refractivity contribution in [3.63, 3.8) is 0 Å². The fourth-order valence-corrected chi connectivity index (χ4v) is 5.33. The number of ether oxygens (including phenoxy) is 1.